The standard InChI is InChI=1S/C18H13N3O4/c1-10-11(8-19)3-2-4-13(10)14-7-12(9-20)18(25)17(21-14)15(22)5-6-16(23)24/h2-4,7,25H,5-6H2,1H3,(H,23,24). The molecule has 25 heavy (non-hydrogen) atoms. The first-order valence-electron chi connectivity index (χ1n) is 7.28. The largest absolute Gasteiger partial charge is 0.504 e. The molecular formula is C18H13N3O4. The molecule has 7 nitrogen and oxygen atoms in total. The number of nitriles is 2. The van der Waals surface area contributed by atoms with Crippen molar-refractivity contribution in [2.75, 3.05) is 0 Å². The fraction of sp³-hybridized carbons (Fsp3) is 0.167. The molecule has 0 amide bonds. The summed E-state index contributed by atoms with van der Waals surface area (Å²) < 4.78 is 0. The summed E-state index contributed by atoms with van der Waals surface area (Å²) in [6.07, 6.45) is -0.754. The van der Waals surface area contributed by atoms with E-state index >= 15 is 0 Å². The van der Waals surface area contributed by atoms with Gasteiger partial charge in [0, 0.05) is 12.0 Å². The van der Waals surface area contributed by atoms with Gasteiger partial charge in [-0.3, -0.25) is 9.59 Å². The smallest absolute Gasteiger partial charge is 0.303 e. The molecule has 0 aliphatic carbocycles. The summed E-state index contributed by atoms with van der Waals surface area (Å²) in [5, 5.41) is 37.1. The van der Waals surface area contributed by atoms with Crippen LogP contribution in [0, 0.1) is 29.6 Å². The highest BCUT2D eigenvalue weighted by Crippen LogP contribution is 2.30. The average molecular weight is 335 g/mol. The number of rotatable bonds is 5. The molecule has 124 valence electrons. The quantitative estimate of drug-likeness (QED) is 0.801. The predicted octanol–water partition coefficient (Wildman–Crippen LogP) is 2.55. The van der Waals surface area contributed by atoms with Crippen LogP contribution in [0.4, 0.5) is 0 Å². The van der Waals surface area contributed by atoms with Gasteiger partial charge >= 0.3 is 5.97 Å². The lowest BCUT2D eigenvalue weighted by Crippen LogP contribution is -2.08. The number of aromatic nitrogens is 1. The monoisotopic (exact) mass is 335 g/mol. The molecule has 0 atom stereocenters. The molecule has 0 spiro atoms. The second-order valence-corrected chi connectivity index (χ2v) is 5.27. The van der Waals surface area contributed by atoms with E-state index in [-0.39, 0.29) is 23.4 Å². The minimum atomic E-state index is -1.15. The summed E-state index contributed by atoms with van der Waals surface area (Å²) in [6.45, 7) is 1.71. The molecule has 1 aromatic carbocycles. The Balaban J connectivity index is 2.60. The number of nitrogens with zero attached hydrogens (tertiary/aromatic N) is 3. The van der Waals surface area contributed by atoms with Crippen molar-refractivity contribution in [3.05, 3.63) is 46.6 Å². The molecule has 0 aliphatic heterocycles. The Morgan fingerprint density at radius 1 is 1.16 bits per heavy atom. The number of hydrogen-bond donors (Lipinski definition) is 2. The van der Waals surface area contributed by atoms with Gasteiger partial charge in [0.1, 0.15) is 11.8 Å². The fourth-order valence-electron chi connectivity index (χ4n) is 2.33. The van der Waals surface area contributed by atoms with Gasteiger partial charge in [-0.25, -0.2) is 4.98 Å². The number of benzene rings is 1. The van der Waals surface area contributed by atoms with E-state index in [0.717, 1.165) is 0 Å². The average Bonchev–Trinajstić information content (AvgIpc) is 2.60. The van der Waals surface area contributed by atoms with Crippen LogP contribution in [-0.4, -0.2) is 26.9 Å². The summed E-state index contributed by atoms with van der Waals surface area (Å²) in [5.41, 5.74) is 1.34. The van der Waals surface area contributed by atoms with Gasteiger partial charge in [-0.05, 0) is 24.6 Å². The number of aliphatic carboxylic acids is 1. The molecular weight excluding hydrogens is 322 g/mol. The van der Waals surface area contributed by atoms with Crippen LogP contribution in [-0.2, 0) is 4.79 Å². The van der Waals surface area contributed by atoms with Crippen LogP contribution < -0.4 is 0 Å². The minimum Gasteiger partial charge on any atom is -0.504 e. The van der Waals surface area contributed by atoms with Crippen LogP contribution in [0.1, 0.15) is 40.0 Å². The van der Waals surface area contributed by atoms with E-state index in [1.807, 2.05) is 6.07 Å². The molecule has 1 aromatic heterocycles. The lowest BCUT2D eigenvalue weighted by atomic mass is 9.98. The molecule has 0 radical (unpaired) electrons. The van der Waals surface area contributed by atoms with Crippen LogP contribution in [0.15, 0.2) is 24.3 Å². The van der Waals surface area contributed by atoms with Crippen molar-refractivity contribution in [3.63, 3.8) is 0 Å². The number of carboxylic acids is 1. The number of aromatic hydroxyl groups is 1. The first kappa shape index (κ1) is 17.6. The highest BCUT2D eigenvalue weighted by Gasteiger charge is 2.20. The molecule has 2 N–H and O–H groups in total. The fourth-order valence-corrected chi connectivity index (χ4v) is 2.33. The van der Waals surface area contributed by atoms with Gasteiger partial charge in [-0.15, -0.1) is 0 Å². The Labute approximate surface area is 143 Å². The van der Waals surface area contributed by atoms with Crippen molar-refractivity contribution < 1.29 is 19.8 Å². The van der Waals surface area contributed by atoms with Crippen molar-refractivity contribution in [1.29, 1.82) is 10.5 Å². The Kier molecular flexibility index (Phi) is 5.11. The molecule has 2 rings (SSSR count). The number of carbonyl (C=O) groups excluding carboxylic acids is 1. The topological polar surface area (TPSA) is 135 Å². The molecule has 0 bridgehead atoms. The zero-order chi connectivity index (χ0) is 18.6. The van der Waals surface area contributed by atoms with Crippen molar-refractivity contribution in [3.8, 4) is 29.1 Å². The third kappa shape index (κ3) is 3.62. The molecule has 0 saturated heterocycles. The van der Waals surface area contributed by atoms with E-state index in [9.17, 15) is 20.0 Å². The first-order chi connectivity index (χ1) is 11.9. The maximum Gasteiger partial charge on any atom is 0.303 e. The second kappa shape index (κ2) is 7.24. The summed E-state index contributed by atoms with van der Waals surface area (Å²) in [5.74, 6) is -2.40. The van der Waals surface area contributed by atoms with Crippen molar-refractivity contribution in [2.24, 2.45) is 0 Å². The summed E-state index contributed by atoms with van der Waals surface area (Å²) in [7, 11) is 0. The number of carbonyl (C=O) groups is 2. The third-order valence-electron chi connectivity index (χ3n) is 3.67. The van der Waals surface area contributed by atoms with E-state index in [0.29, 0.717) is 16.7 Å². The van der Waals surface area contributed by atoms with Crippen molar-refractivity contribution in [2.45, 2.75) is 19.8 Å². The first-order valence-corrected chi connectivity index (χ1v) is 7.28. The Hall–Kier alpha value is -3.71. The molecule has 0 aliphatic rings. The van der Waals surface area contributed by atoms with E-state index < -0.39 is 23.9 Å². The van der Waals surface area contributed by atoms with Crippen LogP contribution >= 0.6 is 0 Å². The predicted molar refractivity (Wildman–Crippen MR) is 86.7 cm³/mol. The summed E-state index contributed by atoms with van der Waals surface area (Å²) >= 11 is 0. The number of ketones is 1. The lowest BCUT2D eigenvalue weighted by Gasteiger charge is -2.11. The van der Waals surface area contributed by atoms with Gasteiger partial charge in [-0.1, -0.05) is 12.1 Å². The molecule has 0 unspecified atom stereocenters. The van der Waals surface area contributed by atoms with Crippen LogP contribution in [0.25, 0.3) is 11.3 Å². The van der Waals surface area contributed by atoms with E-state index in [2.05, 4.69) is 4.98 Å². The summed E-state index contributed by atoms with van der Waals surface area (Å²) in [4.78, 5) is 26.9. The molecule has 7 heteroatoms. The SMILES string of the molecule is Cc1c(C#N)cccc1-c1cc(C#N)c(O)c(C(=O)CCC(=O)O)n1. The zero-order valence-corrected chi connectivity index (χ0v) is 13.3. The third-order valence-corrected chi connectivity index (χ3v) is 3.67. The lowest BCUT2D eigenvalue weighted by molar-refractivity contribution is -0.136. The molecule has 1 heterocycles. The van der Waals surface area contributed by atoms with E-state index in [1.165, 1.54) is 6.07 Å². The Bertz CT molecular complexity index is 952. The van der Waals surface area contributed by atoms with Crippen molar-refractivity contribution >= 4 is 11.8 Å². The molecule has 0 fully saturated rings. The van der Waals surface area contributed by atoms with Crippen LogP contribution in [0.2, 0.25) is 0 Å². The van der Waals surface area contributed by atoms with Gasteiger partial charge in [0.15, 0.2) is 11.5 Å². The molecule has 2 aromatic rings. The van der Waals surface area contributed by atoms with Crippen LogP contribution in [0.5, 0.6) is 5.75 Å². The van der Waals surface area contributed by atoms with E-state index in [4.69, 9.17) is 10.4 Å². The maximum atomic E-state index is 12.2. The van der Waals surface area contributed by atoms with Crippen molar-refractivity contribution in [1.82, 2.24) is 4.98 Å². The second-order valence-electron chi connectivity index (χ2n) is 5.27. The zero-order valence-electron chi connectivity index (χ0n) is 13.3. The van der Waals surface area contributed by atoms with Gasteiger partial charge in [-0.2, -0.15) is 10.5 Å². The maximum absolute atomic E-state index is 12.2. The number of carboxylic acid groups (broad SMARTS) is 1. The number of hydrogen-bond acceptors (Lipinski definition) is 6. The minimum absolute atomic E-state index is 0.148. The van der Waals surface area contributed by atoms with E-state index in [1.54, 1.807) is 31.2 Å². The number of pyridine rings is 1. The summed E-state index contributed by atoms with van der Waals surface area (Å²) in [6, 6.07) is 10.1. The Morgan fingerprint density at radius 3 is 2.44 bits per heavy atom. The highest BCUT2D eigenvalue weighted by molar-refractivity contribution is 5.99. The van der Waals surface area contributed by atoms with Gasteiger partial charge < -0.3 is 10.2 Å². The highest BCUT2D eigenvalue weighted by atomic mass is 16.4. The van der Waals surface area contributed by atoms with Gasteiger partial charge in [0.25, 0.3) is 0 Å². The normalized spacial score (nSPS) is 9.88. The van der Waals surface area contributed by atoms with Gasteiger partial charge in [0.2, 0.25) is 0 Å². The Morgan fingerprint density at radius 2 is 1.84 bits per heavy atom. The van der Waals surface area contributed by atoms with Crippen LogP contribution in [0.3, 0.4) is 0 Å². The van der Waals surface area contributed by atoms with Gasteiger partial charge in [0.05, 0.1) is 29.3 Å². The molecule has 0 saturated carbocycles. The number of Topliss-reactive ketones (excluding diaryl/α,β-unsaturated/α-hetero) is 1.